The van der Waals surface area contributed by atoms with Crippen molar-refractivity contribution in [3.05, 3.63) is 17.0 Å². The summed E-state index contributed by atoms with van der Waals surface area (Å²) in [4.78, 5) is 23.6. The van der Waals surface area contributed by atoms with Gasteiger partial charge >= 0.3 is 5.97 Å². The summed E-state index contributed by atoms with van der Waals surface area (Å²) in [5, 5.41) is 16.1. The Bertz CT molecular complexity index is 535. The second kappa shape index (κ2) is 6.74. The van der Waals surface area contributed by atoms with Gasteiger partial charge in [-0.05, 0) is 33.1 Å². The molecule has 0 bridgehead atoms. The minimum atomic E-state index is -0.996. The van der Waals surface area contributed by atoms with Crippen molar-refractivity contribution in [2.45, 2.75) is 53.0 Å². The average Bonchev–Trinajstić information content (AvgIpc) is 2.60. The van der Waals surface area contributed by atoms with E-state index in [1.54, 1.807) is 11.6 Å². The maximum Gasteiger partial charge on any atom is 0.326 e. The van der Waals surface area contributed by atoms with E-state index in [0.29, 0.717) is 6.42 Å². The zero-order chi connectivity index (χ0) is 16.3. The standard InChI is InChI=1S/C15H25N3O3/c1-8(2)7-12(15(20)21)16-14(19)9(3)13-10(4)17-18(6)11(13)5/h8-9,12H,7H2,1-6H3,(H,16,19)(H,20,21)/t9?,12-/m0/s1. The highest BCUT2D eigenvalue weighted by molar-refractivity contribution is 5.88. The molecular weight excluding hydrogens is 270 g/mol. The summed E-state index contributed by atoms with van der Waals surface area (Å²) in [5.74, 6) is -1.50. The van der Waals surface area contributed by atoms with Crippen LogP contribution in [0.15, 0.2) is 0 Å². The van der Waals surface area contributed by atoms with Crippen molar-refractivity contribution in [3.63, 3.8) is 0 Å². The Morgan fingerprint density at radius 3 is 2.24 bits per heavy atom. The average molecular weight is 295 g/mol. The van der Waals surface area contributed by atoms with Gasteiger partial charge in [0.15, 0.2) is 0 Å². The topological polar surface area (TPSA) is 84.2 Å². The van der Waals surface area contributed by atoms with E-state index >= 15 is 0 Å². The number of amides is 1. The van der Waals surface area contributed by atoms with Crippen molar-refractivity contribution in [2.24, 2.45) is 13.0 Å². The summed E-state index contributed by atoms with van der Waals surface area (Å²) in [7, 11) is 1.83. The normalized spacial score (nSPS) is 14.0. The molecule has 6 heteroatoms. The maximum atomic E-state index is 12.3. The highest BCUT2D eigenvalue weighted by Crippen LogP contribution is 2.23. The molecule has 0 radical (unpaired) electrons. The lowest BCUT2D eigenvalue weighted by Crippen LogP contribution is -2.43. The molecule has 0 fully saturated rings. The molecule has 1 aromatic rings. The second-order valence-corrected chi connectivity index (χ2v) is 5.96. The number of aliphatic carboxylic acids is 1. The lowest BCUT2D eigenvalue weighted by molar-refractivity contribution is -0.142. The highest BCUT2D eigenvalue weighted by atomic mass is 16.4. The van der Waals surface area contributed by atoms with Crippen LogP contribution in [-0.2, 0) is 16.6 Å². The SMILES string of the molecule is Cc1nn(C)c(C)c1C(C)C(=O)N[C@@H](CC(C)C)C(=O)O. The molecule has 0 aliphatic heterocycles. The Labute approximate surface area is 125 Å². The van der Waals surface area contributed by atoms with Gasteiger partial charge in [-0.15, -0.1) is 0 Å². The first-order valence-corrected chi connectivity index (χ1v) is 7.18. The molecule has 1 unspecified atom stereocenters. The van der Waals surface area contributed by atoms with Crippen LogP contribution in [-0.4, -0.2) is 32.8 Å². The highest BCUT2D eigenvalue weighted by Gasteiger charge is 2.27. The molecule has 1 heterocycles. The van der Waals surface area contributed by atoms with E-state index in [0.717, 1.165) is 17.0 Å². The van der Waals surface area contributed by atoms with Crippen LogP contribution in [0.1, 0.15) is 50.1 Å². The lowest BCUT2D eigenvalue weighted by atomic mass is 9.97. The quantitative estimate of drug-likeness (QED) is 0.837. The van der Waals surface area contributed by atoms with Gasteiger partial charge < -0.3 is 10.4 Å². The summed E-state index contributed by atoms with van der Waals surface area (Å²) in [6, 6.07) is -0.850. The van der Waals surface area contributed by atoms with Crippen molar-refractivity contribution in [3.8, 4) is 0 Å². The smallest absolute Gasteiger partial charge is 0.326 e. The molecule has 118 valence electrons. The molecular formula is C15H25N3O3. The third-order valence-corrected chi connectivity index (χ3v) is 3.71. The third-order valence-electron chi connectivity index (χ3n) is 3.71. The molecule has 6 nitrogen and oxygen atoms in total. The van der Waals surface area contributed by atoms with Gasteiger partial charge in [0.2, 0.25) is 5.91 Å². The summed E-state index contributed by atoms with van der Waals surface area (Å²) in [6.07, 6.45) is 0.415. The van der Waals surface area contributed by atoms with Crippen LogP contribution in [0.25, 0.3) is 0 Å². The fraction of sp³-hybridized carbons (Fsp3) is 0.667. The van der Waals surface area contributed by atoms with E-state index in [1.165, 1.54) is 0 Å². The first kappa shape index (κ1) is 17.2. The summed E-state index contributed by atoms with van der Waals surface area (Å²) in [6.45, 7) is 9.40. The minimum Gasteiger partial charge on any atom is -0.480 e. The van der Waals surface area contributed by atoms with Crippen molar-refractivity contribution in [1.82, 2.24) is 15.1 Å². The molecule has 0 aromatic carbocycles. The number of rotatable bonds is 6. The number of aromatic nitrogens is 2. The Hall–Kier alpha value is -1.85. The number of nitrogens with zero attached hydrogens (tertiary/aromatic N) is 2. The fourth-order valence-electron chi connectivity index (χ4n) is 2.54. The molecule has 0 aliphatic rings. The number of hydrogen-bond donors (Lipinski definition) is 2. The van der Waals surface area contributed by atoms with Crippen LogP contribution in [0.5, 0.6) is 0 Å². The summed E-state index contributed by atoms with van der Waals surface area (Å²) < 4.78 is 1.73. The molecule has 2 atom stereocenters. The van der Waals surface area contributed by atoms with Gasteiger partial charge in [0.05, 0.1) is 11.6 Å². The number of nitrogens with one attached hydrogen (secondary N) is 1. The van der Waals surface area contributed by atoms with Gasteiger partial charge in [0.25, 0.3) is 0 Å². The minimum absolute atomic E-state index is 0.198. The molecule has 21 heavy (non-hydrogen) atoms. The largest absolute Gasteiger partial charge is 0.480 e. The van der Waals surface area contributed by atoms with E-state index in [-0.39, 0.29) is 11.8 Å². The number of aryl methyl sites for hydroxylation is 2. The molecule has 1 aromatic heterocycles. The van der Waals surface area contributed by atoms with E-state index < -0.39 is 17.9 Å². The monoisotopic (exact) mass is 295 g/mol. The first-order valence-electron chi connectivity index (χ1n) is 7.18. The summed E-state index contributed by atoms with van der Waals surface area (Å²) in [5.41, 5.74) is 2.59. The van der Waals surface area contributed by atoms with Crippen molar-refractivity contribution >= 4 is 11.9 Å². The third kappa shape index (κ3) is 4.06. The predicted octanol–water partition coefficient (Wildman–Crippen LogP) is 1.76. The molecule has 0 spiro atoms. The van der Waals surface area contributed by atoms with Gasteiger partial charge in [-0.2, -0.15) is 5.10 Å². The van der Waals surface area contributed by atoms with Crippen LogP contribution in [0.2, 0.25) is 0 Å². The van der Waals surface area contributed by atoms with Gasteiger partial charge in [-0.25, -0.2) is 4.79 Å². The van der Waals surface area contributed by atoms with E-state index in [2.05, 4.69) is 10.4 Å². The van der Waals surface area contributed by atoms with Gasteiger partial charge in [0, 0.05) is 18.3 Å². The molecule has 2 N–H and O–H groups in total. The van der Waals surface area contributed by atoms with E-state index in [4.69, 9.17) is 0 Å². The van der Waals surface area contributed by atoms with Crippen LogP contribution in [0.3, 0.4) is 0 Å². The van der Waals surface area contributed by atoms with E-state index in [9.17, 15) is 14.7 Å². The fourth-order valence-corrected chi connectivity index (χ4v) is 2.54. The zero-order valence-corrected chi connectivity index (χ0v) is 13.6. The Balaban J connectivity index is 2.89. The summed E-state index contributed by atoms with van der Waals surface area (Å²) >= 11 is 0. The van der Waals surface area contributed by atoms with Crippen molar-refractivity contribution in [1.29, 1.82) is 0 Å². The molecule has 0 saturated carbocycles. The van der Waals surface area contributed by atoms with E-state index in [1.807, 2.05) is 34.7 Å². The van der Waals surface area contributed by atoms with Gasteiger partial charge in [-0.1, -0.05) is 13.8 Å². The number of carbonyl (C=O) groups is 2. The zero-order valence-electron chi connectivity index (χ0n) is 13.6. The van der Waals surface area contributed by atoms with Gasteiger partial charge in [0.1, 0.15) is 6.04 Å². The molecule has 0 saturated heterocycles. The molecule has 1 rings (SSSR count). The van der Waals surface area contributed by atoms with Crippen LogP contribution in [0.4, 0.5) is 0 Å². The number of hydrogen-bond acceptors (Lipinski definition) is 3. The number of carbonyl (C=O) groups excluding carboxylic acids is 1. The predicted molar refractivity (Wildman–Crippen MR) is 80.1 cm³/mol. The number of carboxylic acid groups (broad SMARTS) is 1. The molecule has 0 aliphatic carbocycles. The lowest BCUT2D eigenvalue weighted by Gasteiger charge is -2.19. The van der Waals surface area contributed by atoms with Gasteiger partial charge in [-0.3, -0.25) is 9.48 Å². The molecule has 1 amide bonds. The van der Waals surface area contributed by atoms with Crippen molar-refractivity contribution in [2.75, 3.05) is 0 Å². The van der Waals surface area contributed by atoms with Crippen LogP contribution < -0.4 is 5.32 Å². The van der Waals surface area contributed by atoms with Crippen LogP contribution in [0, 0.1) is 19.8 Å². The first-order chi connectivity index (χ1) is 9.65. The Kier molecular flexibility index (Phi) is 5.52. The van der Waals surface area contributed by atoms with Crippen LogP contribution >= 0.6 is 0 Å². The van der Waals surface area contributed by atoms with Crippen molar-refractivity contribution < 1.29 is 14.7 Å². The maximum absolute atomic E-state index is 12.3. The number of carboxylic acids is 1. The second-order valence-electron chi connectivity index (χ2n) is 5.96. The Morgan fingerprint density at radius 2 is 1.86 bits per heavy atom. The Morgan fingerprint density at radius 1 is 1.29 bits per heavy atom.